The minimum absolute atomic E-state index is 0.0368. The number of unbranched alkanes of at least 4 members (excludes halogenated alkanes) is 1. The summed E-state index contributed by atoms with van der Waals surface area (Å²) >= 11 is 0. The van der Waals surface area contributed by atoms with Gasteiger partial charge in [-0.1, -0.05) is 48.9 Å². The molecule has 5 N–H and O–H groups in total. The van der Waals surface area contributed by atoms with Crippen LogP contribution < -0.4 is 10.1 Å². The van der Waals surface area contributed by atoms with Crippen molar-refractivity contribution in [2.24, 2.45) is 5.92 Å². The molecule has 3 aliphatic rings. The lowest BCUT2D eigenvalue weighted by molar-refractivity contribution is -0.129. The van der Waals surface area contributed by atoms with Gasteiger partial charge < -0.3 is 30.2 Å². The number of carbonyl (C=O) groups excluding carboxylic acids is 2. The number of nitrogens with one attached hydrogen (secondary N) is 3. The summed E-state index contributed by atoms with van der Waals surface area (Å²) in [5.41, 5.74) is 10.4. The lowest BCUT2D eigenvalue weighted by Crippen LogP contribution is -2.31. The molecule has 0 saturated heterocycles. The first-order valence-electron chi connectivity index (χ1n) is 19.1. The molecule has 4 heterocycles. The summed E-state index contributed by atoms with van der Waals surface area (Å²) < 4.78 is 6.03. The summed E-state index contributed by atoms with van der Waals surface area (Å²) in [4.78, 5) is 35.1. The molecular formula is C45H47N3O5. The minimum Gasteiger partial charge on any atom is -0.508 e. The van der Waals surface area contributed by atoms with Crippen LogP contribution in [0.4, 0.5) is 5.82 Å². The molecule has 8 heteroatoms. The second-order valence-electron chi connectivity index (χ2n) is 15.0. The molecule has 8 rings (SSSR count). The van der Waals surface area contributed by atoms with Crippen molar-refractivity contribution in [3.05, 3.63) is 135 Å². The Hall–Kier alpha value is -5.50. The maximum atomic E-state index is 14.5. The Balaban J connectivity index is 1.12. The maximum Gasteiger partial charge on any atom is 0.164 e. The Morgan fingerprint density at radius 2 is 1.62 bits per heavy atom. The molecule has 0 unspecified atom stereocenters. The van der Waals surface area contributed by atoms with E-state index in [1.54, 1.807) is 6.07 Å². The Kier molecular flexibility index (Phi) is 9.94. The van der Waals surface area contributed by atoms with Crippen molar-refractivity contribution in [2.75, 3.05) is 18.5 Å². The van der Waals surface area contributed by atoms with E-state index >= 15 is 0 Å². The lowest BCUT2D eigenvalue weighted by atomic mass is 9.71. The number of carbonyl (C=O) groups is 2. The largest absolute Gasteiger partial charge is 0.508 e. The van der Waals surface area contributed by atoms with E-state index < -0.39 is 5.92 Å². The smallest absolute Gasteiger partial charge is 0.164 e. The zero-order valence-corrected chi connectivity index (χ0v) is 30.0. The van der Waals surface area contributed by atoms with Gasteiger partial charge in [0.05, 0.1) is 13.0 Å². The van der Waals surface area contributed by atoms with Crippen LogP contribution in [0.1, 0.15) is 94.6 Å². The van der Waals surface area contributed by atoms with Gasteiger partial charge in [-0.15, -0.1) is 0 Å². The normalized spacial score (nSPS) is 18.8. The number of H-pyrrole nitrogens is 2. The predicted molar refractivity (Wildman–Crippen MR) is 207 cm³/mol. The predicted octanol–water partition coefficient (Wildman–Crippen LogP) is 8.36. The molecule has 0 fully saturated rings. The number of benzene rings is 3. The van der Waals surface area contributed by atoms with E-state index in [-0.39, 0.29) is 41.8 Å². The van der Waals surface area contributed by atoms with E-state index in [0.717, 1.165) is 100 Å². The number of hydrogen-bond donors (Lipinski definition) is 5. The molecule has 0 saturated carbocycles. The molecule has 0 radical (unpaired) electrons. The van der Waals surface area contributed by atoms with Crippen LogP contribution in [0.5, 0.6) is 17.2 Å². The van der Waals surface area contributed by atoms with Crippen molar-refractivity contribution in [1.82, 2.24) is 9.97 Å². The molecule has 272 valence electrons. The van der Waals surface area contributed by atoms with Crippen LogP contribution in [0.25, 0.3) is 6.08 Å². The fraction of sp³-hybridized carbons (Fsp3) is 0.333. The molecule has 8 nitrogen and oxygen atoms in total. The van der Waals surface area contributed by atoms with E-state index in [9.17, 15) is 19.8 Å². The number of ketones is 2. The fourth-order valence-electron chi connectivity index (χ4n) is 8.75. The van der Waals surface area contributed by atoms with Crippen molar-refractivity contribution >= 4 is 23.5 Å². The zero-order valence-electron chi connectivity index (χ0n) is 30.0. The Labute approximate surface area is 310 Å². The van der Waals surface area contributed by atoms with Gasteiger partial charge >= 0.3 is 0 Å². The zero-order chi connectivity index (χ0) is 36.3. The van der Waals surface area contributed by atoms with Gasteiger partial charge in [0.1, 0.15) is 23.1 Å². The highest BCUT2D eigenvalue weighted by Gasteiger charge is 2.37. The van der Waals surface area contributed by atoms with Gasteiger partial charge in [-0.25, -0.2) is 0 Å². The number of anilines is 1. The van der Waals surface area contributed by atoms with Crippen LogP contribution in [0.3, 0.4) is 0 Å². The second kappa shape index (κ2) is 15.2. The Bertz CT molecular complexity index is 2170. The Morgan fingerprint density at radius 1 is 0.792 bits per heavy atom. The first-order valence-corrected chi connectivity index (χ1v) is 19.1. The van der Waals surface area contributed by atoms with Gasteiger partial charge in [0.2, 0.25) is 0 Å². The van der Waals surface area contributed by atoms with Gasteiger partial charge in [0.25, 0.3) is 0 Å². The summed E-state index contributed by atoms with van der Waals surface area (Å²) in [6, 6.07) is 22.1. The summed E-state index contributed by atoms with van der Waals surface area (Å²) in [7, 11) is 0. The summed E-state index contributed by atoms with van der Waals surface area (Å²) in [5.74, 6) is 1.31. The van der Waals surface area contributed by atoms with E-state index in [1.165, 1.54) is 0 Å². The van der Waals surface area contributed by atoms with Gasteiger partial charge in [-0.2, -0.15) is 0 Å². The third-order valence-electron chi connectivity index (χ3n) is 11.3. The number of aryl methyl sites for hydroxylation is 2. The molecule has 2 atom stereocenters. The van der Waals surface area contributed by atoms with Crippen molar-refractivity contribution in [3.63, 3.8) is 0 Å². The minimum atomic E-state index is -0.436. The average molecular weight is 710 g/mol. The topological polar surface area (TPSA) is 127 Å². The third kappa shape index (κ3) is 7.54. The number of Topliss-reactive ketones (excluding diaryl/α,β-unsaturated/α-hetero) is 2. The molecule has 2 aliphatic heterocycles. The third-order valence-corrected chi connectivity index (χ3v) is 11.3. The van der Waals surface area contributed by atoms with Crippen LogP contribution >= 0.6 is 0 Å². The van der Waals surface area contributed by atoms with Gasteiger partial charge in [0.15, 0.2) is 11.5 Å². The lowest BCUT2D eigenvalue weighted by Gasteiger charge is -2.32. The highest BCUT2D eigenvalue weighted by Crippen LogP contribution is 2.44. The molecule has 1 aliphatic carbocycles. The number of fused-ring (bicyclic) bond motifs is 9. The number of hydrogen-bond acceptors (Lipinski definition) is 6. The van der Waals surface area contributed by atoms with E-state index in [4.69, 9.17) is 4.74 Å². The molecule has 3 aromatic carbocycles. The number of ether oxygens (including phenoxy) is 1. The Morgan fingerprint density at radius 3 is 2.49 bits per heavy atom. The number of aromatic amines is 2. The van der Waals surface area contributed by atoms with Crippen molar-refractivity contribution < 1.29 is 24.5 Å². The van der Waals surface area contributed by atoms with E-state index in [0.29, 0.717) is 38.2 Å². The summed E-state index contributed by atoms with van der Waals surface area (Å²) in [6.07, 6.45) is 13.0. The molecular weight excluding hydrogens is 663 g/mol. The number of phenolic OH excluding ortho intramolecular Hbond substituents is 2. The first kappa shape index (κ1) is 34.6. The van der Waals surface area contributed by atoms with Gasteiger partial charge in [-0.3, -0.25) is 9.59 Å². The van der Waals surface area contributed by atoms with E-state index in [2.05, 4.69) is 63.8 Å². The van der Waals surface area contributed by atoms with Crippen molar-refractivity contribution in [1.29, 1.82) is 0 Å². The van der Waals surface area contributed by atoms with Gasteiger partial charge in [0, 0.05) is 60.9 Å². The average Bonchev–Trinajstić information content (AvgIpc) is 3.82. The SMILES string of the molecule is O=C1CCc2cc(c(O)c3c2CCCO3)Cc2cccc(c2)Cc2cc[nH]c2NCC2=Cc3[nH]ccc3[C@@H](CCCCc3cccc(O)c3)[C@@H]2C(=O)C1. The van der Waals surface area contributed by atoms with Crippen LogP contribution in [-0.2, 0) is 41.7 Å². The molecule has 0 amide bonds. The van der Waals surface area contributed by atoms with Gasteiger partial charge in [-0.05, 0) is 114 Å². The quantitative estimate of drug-likeness (QED) is 0.0922. The second-order valence-corrected chi connectivity index (χ2v) is 15.0. The molecule has 4 bridgehead atoms. The first-order chi connectivity index (χ1) is 25.9. The highest BCUT2D eigenvalue weighted by molar-refractivity contribution is 6.02. The van der Waals surface area contributed by atoms with Crippen LogP contribution in [0.15, 0.2) is 84.7 Å². The maximum absolute atomic E-state index is 14.5. The van der Waals surface area contributed by atoms with Crippen molar-refractivity contribution in [3.8, 4) is 17.2 Å². The van der Waals surface area contributed by atoms with E-state index in [1.807, 2.05) is 30.6 Å². The van der Waals surface area contributed by atoms with Crippen LogP contribution in [0.2, 0.25) is 0 Å². The number of phenols is 2. The number of rotatable bonds is 5. The standard InChI is InChI=1S/C45H47N3O5/c49-35-10-4-7-28(23-35)6-1-2-11-39-38-16-18-46-40(38)25-34-27-48-45-32(15-17-47-45)21-29-8-3-9-30(20-29)22-33-24-31(13-14-36(50)26-41(51)42(34)39)37-12-5-19-53-44(37)43(33)52/h3-4,7-10,15-18,20,23-25,39,42,46-49,52H,1-2,5-6,11-14,19,21-22,26-27H2/t39-,42-/m1/s1. The monoisotopic (exact) mass is 709 g/mol. The fourth-order valence-corrected chi connectivity index (χ4v) is 8.75. The van der Waals surface area contributed by atoms with Crippen LogP contribution in [0, 0.1) is 5.92 Å². The summed E-state index contributed by atoms with van der Waals surface area (Å²) in [6.45, 7) is 1.02. The molecule has 5 aromatic rings. The highest BCUT2D eigenvalue weighted by atomic mass is 16.5. The molecule has 2 aromatic heterocycles. The van der Waals surface area contributed by atoms with Crippen molar-refractivity contribution in [2.45, 2.75) is 76.5 Å². The molecule has 0 spiro atoms. The summed E-state index contributed by atoms with van der Waals surface area (Å²) in [5, 5.41) is 24.9. The number of aromatic hydroxyl groups is 2. The number of aromatic nitrogens is 2. The van der Waals surface area contributed by atoms with Crippen LogP contribution in [-0.4, -0.2) is 44.9 Å². The molecule has 53 heavy (non-hydrogen) atoms.